The molecule has 4 heteroatoms. The Balaban J connectivity index is 1.87. The number of nitrogens with zero attached hydrogens (tertiary/aromatic N) is 1. The number of anilines is 1. The quantitative estimate of drug-likeness (QED) is 0.846. The smallest absolute Gasteiger partial charge is 0.251 e. The van der Waals surface area contributed by atoms with E-state index in [2.05, 4.69) is 43.2 Å². The molecule has 0 radical (unpaired) electrons. The Morgan fingerprint density at radius 3 is 2.67 bits per heavy atom. The van der Waals surface area contributed by atoms with E-state index >= 15 is 0 Å². The van der Waals surface area contributed by atoms with E-state index in [-0.39, 0.29) is 5.91 Å². The third-order valence-corrected chi connectivity index (χ3v) is 4.06. The highest BCUT2D eigenvalue weighted by atomic mass is 16.1. The number of hydrogen-bond donors (Lipinski definition) is 2. The summed E-state index contributed by atoms with van der Waals surface area (Å²) in [5.74, 6) is 0.0252. The number of nitrogens with one attached hydrogen (secondary N) is 2. The van der Waals surface area contributed by atoms with E-state index in [4.69, 9.17) is 0 Å². The summed E-state index contributed by atoms with van der Waals surface area (Å²) in [4.78, 5) is 14.6. The number of benzene rings is 1. The van der Waals surface area contributed by atoms with Crippen LogP contribution in [0.1, 0.15) is 43.6 Å². The van der Waals surface area contributed by atoms with Crippen LogP contribution in [0.5, 0.6) is 0 Å². The van der Waals surface area contributed by atoms with Gasteiger partial charge in [-0.05, 0) is 57.9 Å². The van der Waals surface area contributed by atoms with Crippen LogP contribution in [-0.2, 0) is 6.42 Å². The fraction of sp³-hybridized carbons (Fsp3) is 0.588. The lowest BCUT2D eigenvalue weighted by Gasteiger charge is -2.30. The van der Waals surface area contributed by atoms with Gasteiger partial charge in [-0.15, -0.1) is 0 Å². The van der Waals surface area contributed by atoms with Crippen molar-refractivity contribution in [3.05, 3.63) is 29.3 Å². The van der Waals surface area contributed by atoms with Crippen LogP contribution in [-0.4, -0.2) is 42.5 Å². The average molecular weight is 289 g/mol. The van der Waals surface area contributed by atoms with E-state index in [1.165, 1.54) is 5.56 Å². The molecule has 0 unspecified atom stereocenters. The Bertz CT molecular complexity index is 489. The van der Waals surface area contributed by atoms with Gasteiger partial charge in [-0.25, -0.2) is 0 Å². The number of carbonyl (C=O) groups excluding carboxylic acids is 1. The van der Waals surface area contributed by atoms with Gasteiger partial charge >= 0.3 is 0 Å². The third kappa shape index (κ3) is 3.97. The SMILES string of the molecule is CC(C)N(CCNC(=O)c1ccc2c(c1)CCN2)C(C)C. The Hall–Kier alpha value is -1.55. The normalized spacial score (nSPS) is 13.7. The van der Waals surface area contributed by atoms with Gasteiger partial charge in [0.1, 0.15) is 0 Å². The number of carbonyl (C=O) groups is 1. The van der Waals surface area contributed by atoms with Crippen molar-refractivity contribution in [3.63, 3.8) is 0 Å². The van der Waals surface area contributed by atoms with E-state index in [1.54, 1.807) is 0 Å². The van der Waals surface area contributed by atoms with Crippen molar-refractivity contribution in [1.82, 2.24) is 10.2 Å². The van der Waals surface area contributed by atoms with E-state index in [0.717, 1.165) is 30.8 Å². The van der Waals surface area contributed by atoms with Crippen molar-refractivity contribution in [2.75, 3.05) is 25.0 Å². The van der Waals surface area contributed by atoms with Crippen molar-refractivity contribution in [2.45, 2.75) is 46.2 Å². The van der Waals surface area contributed by atoms with Gasteiger partial charge in [0.25, 0.3) is 5.91 Å². The molecule has 1 aromatic carbocycles. The lowest BCUT2D eigenvalue weighted by atomic mass is 10.1. The molecule has 0 fully saturated rings. The zero-order chi connectivity index (χ0) is 15.4. The molecule has 0 saturated heterocycles. The van der Waals surface area contributed by atoms with E-state index in [9.17, 15) is 4.79 Å². The summed E-state index contributed by atoms with van der Waals surface area (Å²) >= 11 is 0. The first-order valence-corrected chi connectivity index (χ1v) is 7.89. The number of fused-ring (bicyclic) bond motifs is 1. The maximum Gasteiger partial charge on any atom is 0.251 e. The van der Waals surface area contributed by atoms with Crippen molar-refractivity contribution < 1.29 is 4.79 Å². The van der Waals surface area contributed by atoms with Crippen molar-refractivity contribution in [1.29, 1.82) is 0 Å². The Morgan fingerprint density at radius 1 is 1.29 bits per heavy atom. The van der Waals surface area contributed by atoms with Gasteiger partial charge in [-0.1, -0.05) is 0 Å². The number of amides is 1. The van der Waals surface area contributed by atoms with Gasteiger partial charge in [-0.3, -0.25) is 9.69 Å². The van der Waals surface area contributed by atoms with E-state index in [1.807, 2.05) is 18.2 Å². The Morgan fingerprint density at radius 2 is 2.00 bits per heavy atom. The molecular weight excluding hydrogens is 262 g/mol. The lowest BCUT2D eigenvalue weighted by molar-refractivity contribution is 0.0939. The number of rotatable bonds is 6. The number of hydrogen-bond acceptors (Lipinski definition) is 3. The summed E-state index contributed by atoms with van der Waals surface area (Å²) in [5, 5.41) is 6.34. The highest BCUT2D eigenvalue weighted by Crippen LogP contribution is 2.22. The van der Waals surface area contributed by atoms with Crippen molar-refractivity contribution >= 4 is 11.6 Å². The average Bonchev–Trinajstić information content (AvgIpc) is 2.89. The van der Waals surface area contributed by atoms with Gasteiger partial charge in [-0.2, -0.15) is 0 Å². The molecule has 21 heavy (non-hydrogen) atoms. The third-order valence-electron chi connectivity index (χ3n) is 4.06. The highest BCUT2D eigenvalue weighted by Gasteiger charge is 2.15. The molecule has 1 aromatic rings. The Kier molecular flexibility index (Phi) is 5.23. The second-order valence-electron chi connectivity index (χ2n) is 6.23. The molecule has 1 aliphatic rings. The van der Waals surface area contributed by atoms with Crippen molar-refractivity contribution in [3.8, 4) is 0 Å². The summed E-state index contributed by atoms with van der Waals surface area (Å²) < 4.78 is 0. The van der Waals surface area contributed by atoms with Crippen LogP contribution in [0.15, 0.2) is 18.2 Å². The first-order valence-electron chi connectivity index (χ1n) is 7.89. The topological polar surface area (TPSA) is 44.4 Å². The zero-order valence-corrected chi connectivity index (χ0v) is 13.6. The van der Waals surface area contributed by atoms with Crippen LogP contribution in [0, 0.1) is 0 Å². The molecule has 116 valence electrons. The first kappa shape index (κ1) is 15.8. The minimum Gasteiger partial charge on any atom is -0.384 e. The van der Waals surface area contributed by atoms with Crippen LogP contribution in [0.3, 0.4) is 0 Å². The predicted octanol–water partition coefficient (Wildman–Crippen LogP) is 2.50. The van der Waals surface area contributed by atoms with Crippen LogP contribution >= 0.6 is 0 Å². The fourth-order valence-electron chi connectivity index (χ4n) is 2.96. The standard InChI is InChI=1S/C17H27N3O/c1-12(2)20(13(3)4)10-9-19-17(21)15-5-6-16-14(11-15)7-8-18-16/h5-6,11-13,18H,7-10H2,1-4H3,(H,19,21). The minimum atomic E-state index is 0.0252. The molecule has 0 aromatic heterocycles. The molecule has 0 atom stereocenters. The summed E-state index contributed by atoms with van der Waals surface area (Å²) in [6.45, 7) is 11.3. The summed E-state index contributed by atoms with van der Waals surface area (Å²) in [5.41, 5.74) is 3.17. The van der Waals surface area contributed by atoms with Gasteiger partial charge < -0.3 is 10.6 Å². The minimum absolute atomic E-state index is 0.0252. The van der Waals surface area contributed by atoms with Crippen LogP contribution in [0.4, 0.5) is 5.69 Å². The van der Waals surface area contributed by atoms with Gasteiger partial charge in [0.2, 0.25) is 0 Å². The molecule has 1 heterocycles. The second-order valence-corrected chi connectivity index (χ2v) is 6.23. The highest BCUT2D eigenvalue weighted by molar-refractivity contribution is 5.95. The molecule has 2 N–H and O–H groups in total. The van der Waals surface area contributed by atoms with E-state index < -0.39 is 0 Å². The molecule has 1 amide bonds. The molecule has 0 saturated carbocycles. The van der Waals surface area contributed by atoms with Gasteiger partial charge in [0.05, 0.1) is 0 Å². The van der Waals surface area contributed by atoms with Gasteiger partial charge in [0, 0.05) is 43.0 Å². The molecule has 2 rings (SSSR count). The molecule has 0 spiro atoms. The predicted molar refractivity (Wildman–Crippen MR) is 87.9 cm³/mol. The summed E-state index contributed by atoms with van der Waals surface area (Å²) in [6.07, 6.45) is 1.00. The first-order chi connectivity index (χ1) is 9.99. The molecule has 1 aliphatic heterocycles. The molecular formula is C17H27N3O. The largest absolute Gasteiger partial charge is 0.384 e. The summed E-state index contributed by atoms with van der Waals surface area (Å²) in [6, 6.07) is 6.90. The fourth-order valence-corrected chi connectivity index (χ4v) is 2.96. The monoisotopic (exact) mass is 289 g/mol. The second kappa shape index (κ2) is 6.94. The maximum atomic E-state index is 12.2. The maximum absolute atomic E-state index is 12.2. The van der Waals surface area contributed by atoms with Crippen LogP contribution < -0.4 is 10.6 Å². The van der Waals surface area contributed by atoms with Gasteiger partial charge in [0.15, 0.2) is 0 Å². The van der Waals surface area contributed by atoms with E-state index in [0.29, 0.717) is 18.6 Å². The molecule has 4 nitrogen and oxygen atoms in total. The van der Waals surface area contributed by atoms with Crippen molar-refractivity contribution in [2.24, 2.45) is 0 Å². The Labute approximate surface area is 127 Å². The molecule has 0 bridgehead atoms. The van der Waals surface area contributed by atoms with Crippen LogP contribution in [0.2, 0.25) is 0 Å². The zero-order valence-electron chi connectivity index (χ0n) is 13.6. The summed E-state index contributed by atoms with van der Waals surface area (Å²) in [7, 11) is 0. The van der Waals surface area contributed by atoms with Crippen LogP contribution in [0.25, 0.3) is 0 Å². The molecule has 0 aliphatic carbocycles. The lowest BCUT2D eigenvalue weighted by Crippen LogP contribution is -2.42.